The fourth-order valence-corrected chi connectivity index (χ4v) is 6.18. The number of benzene rings is 1. The van der Waals surface area contributed by atoms with Gasteiger partial charge in [-0.15, -0.1) is 0 Å². The summed E-state index contributed by atoms with van der Waals surface area (Å²) in [5, 5.41) is 15.2. The fourth-order valence-electron chi connectivity index (χ4n) is 5.16. The van der Waals surface area contributed by atoms with Crippen molar-refractivity contribution >= 4 is 51.0 Å². The van der Waals surface area contributed by atoms with E-state index in [4.69, 9.17) is 27.9 Å². The minimum Gasteiger partial charge on any atom is -0.466 e. The zero-order chi connectivity index (χ0) is 30.6. The summed E-state index contributed by atoms with van der Waals surface area (Å²) in [4.78, 5) is 31.0. The predicted octanol–water partition coefficient (Wildman–Crippen LogP) is 7.04. The molecule has 1 aromatic carbocycles. The van der Waals surface area contributed by atoms with Crippen LogP contribution in [-0.2, 0) is 22.3 Å². The monoisotopic (exact) mass is 690 g/mol. The number of carbonyl (C=O) groups is 2. The molecule has 226 valence electrons. The van der Waals surface area contributed by atoms with E-state index < -0.39 is 42.0 Å². The van der Waals surface area contributed by atoms with Crippen LogP contribution in [0.2, 0.25) is 10.0 Å². The van der Waals surface area contributed by atoms with Crippen LogP contribution in [0.15, 0.2) is 47.3 Å². The van der Waals surface area contributed by atoms with Crippen molar-refractivity contribution in [3.63, 3.8) is 0 Å². The number of aliphatic hydroxyl groups is 1. The van der Waals surface area contributed by atoms with Crippen LogP contribution in [0.3, 0.4) is 0 Å². The van der Waals surface area contributed by atoms with E-state index in [0.29, 0.717) is 22.9 Å². The highest BCUT2D eigenvalue weighted by Crippen LogP contribution is 2.40. The number of aliphatic hydroxyl groups excluding tert-OH is 1. The van der Waals surface area contributed by atoms with E-state index in [9.17, 15) is 27.9 Å². The van der Waals surface area contributed by atoms with Gasteiger partial charge < -0.3 is 14.7 Å². The molecule has 1 aliphatic rings. The second-order valence-electron chi connectivity index (χ2n) is 9.92. The minimum atomic E-state index is -4.91. The van der Waals surface area contributed by atoms with Crippen molar-refractivity contribution in [2.75, 3.05) is 13.2 Å². The first-order valence-electron chi connectivity index (χ1n) is 13.2. The number of halogens is 6. The maximum Gasteiger partial charge on any atom is 0.433 e. The summed E-state index contributed by atoms with van der Waals surface area (Å²) in [6.07, 6.45) is -1.66. The lowest BCUT2D eigenvalue weighted by molar-refractivity contribution is -0.151. The lowest BCUT2D eigenvalue weighted by atomic mass is 9.86. The second-order valence-corrected chi connectivity index (χ2v) is 11.6. The van der Waals surface area contributed by atoms with E-state index in [2.05, 4.69) is 26.0 Å². The van der Waals surface area contributed by atoms with Crippen LogP contribution in [0.4, 0.5) is 13.2 Å². The van der Waals surface area contributed by atoms with Crippen molar-refractivity contribution in [3.05, 3.63) is 79.8 Å². The Morgan fingerprint density at radius 3 is 2.38 bits per heavy atom. The Balaban J connectivity index is 1.67. The maximum atomic E-state index is 14.5. The molecule has 1 saturated carbocycles. The molecule has 1 fully saturated rings. The Kier molecular flexibility index (Phi) is 10.6. The van der Waals surface area contributed by atoms with Gasteiger partial charge in [0.05, 0.1) is 53.0 Å². The quantitative estimate of drug-likeness (QED) is 0.242. The highest BCUT2D eigenvalue weighted by molar-refractivity contribution is 9.10. The maximum absolute atomic E-state index is 14.5. The van der Waals surface area contributed by atoms with Gasteiger partial charge in [0.1, 0.15) is 0 Å². The molecule has 0 spiro atoms. The van der Waals surface area contributed by atoms with Crippen LogP contribution in [0.5, 0.6) is 0 Å². The number of hydrogen-bond donors (Lipinski definition) is 1. The largest absolute Gasteiger partial charge is 0.466 e. The lowest BCUT2D eigenvalue weighted by Crippen LogP contribution is -2.36. The topological polar surface area (TPSA) is 97.6 Å². The van der Waals surface area contributed by atoms with Gasteiger partial charge in [-0.1, -0.05) is 57.3 Å². The van der Waals surface area contributed by atoms with Gasteiger partial charge in [-0.05, 0) is 44.2 Å². The number of ether oxygens (including phenoxy) is 1. The summed E-state index contributed by atoms with van der Waals surface area (Å²) in [5.41, 5.74) is -1.13. The number of amides is 1. The van der Waals surface area contributed by atoms with E-state index >= 15 is 0 Å². The van der Waals surface area contributed by atoms with Gasteiger partial charge in [0.2, 0.25) is 0 Å². The number of alkyl halides is 3. The van der Waals surface area contributed by atoms with Gasteiger partial charge in [0, 0.05) is 29.0 Å². The molecule has 0 aliphatic heterocycles. The summed E-state index contributed by atoms with van der Waals surface area (Å²) in [6.45, 7) is 1.37. The van der Waals surface area contributed by atoms with Crippen molar-refractivity contribution in [3.8, 4) is 0 Å². The van der Waals surface area contributed by atoms with Crippen molar-refractivity contribution in [1.82, 2.24) is 19.7 Å². The fraction of sp³-hybridized carbons (Fsp3) is 0.429. The first-order valence-corrected chi connectivity index (χ1v) is 14.8. The summed E-state index contributed by atoms with van der Waals surface area (Å²) in [7, 11) is 0. The van der Waals surface area contributed by atoms with E-state index in [1.54, 1.807) is 31.2 Å². The van der Waals surface area contributed by atoms with E-state index in [0.717, 1.165) is 15.8 Å². The van der Waals surface area contributed by atoms with Gasteiger partial charge in [-0.2, -0.15) is 18.3 Å². The second kappa shape index (κ2) is 13.7. The van der Waals surface area contributed by atoms with Gasteiger partial charge >= 0.3 is 12.1 Å². The third kappa shape index (κ3) is 7.27. The van der Waals surface area contributed by atoms with E-state index in [1.807, 2.05) is 0 Å². The Bertz CT molecular complexity index is 1410. The zero-order valence-electron chi connectivity index (χ0n) is 22.5. The SMILES string of the molecule is CCOC(=O)C1CCC(n2ncc(C(=O)N(Cc3ccccc3Br)CC(O)c3c(Cl)cncc3Cl)c2C(F)(F)F)CC1. The Hall–Kier alpha value is -2.67. The van der Waals surface area contributed by atoms with Crippen LogP contribution in [0.25, 0.3) is 0 Å². The number of hydrogen-bond acceptors (Lipinski definition) is 6. The Labute approximate surface area is 258 Å². The predicted molar refractivity (Wildman–Crippen MR) is 153 cm³/mol. The first-order chi connectivity index (χ1) is 19.9. The van der Waals surface area contributed by atoms with E-state index in [1.165, 1.54) is 12.4 Å². The molecule has 42 heavy (non-hydrogen) atoms. The molecule has 1 atom stereocenters. The van der Waals surface area contributed by atoms with Crippen LogP contribution >= 0.6 is 39.1 Å². The molecule has 1 aliphatic carbocycles. The zero-order valence-corrected chi connectivity index (χ0v) is 25.5. The van der Waals surface area contributed by atoms with Gasteiger partial charge in [-0.3, -0.25) is 19.3 Å². The molecule has 0 bridgehead atoms. The van der Waals surface area contributed by atoms with Crippen molar-refractivity contribution in [2.45, 2.75) is 57.5 Å². The average molecular weight is 692 g/mol. The smallest absolute Gasteiger partial charge is 0.433 e. The molecule has 1 unspecified atom stereocenters. The van der Waals surface area contributed by atoms with Gasteiger partial charge in [-0.25, -0.2) is 0 Å². The highest BCUT2D eigenvalue weighted by Gasteiger charge is 2.43. The van der Waals surface area contributed by atoms with Crippen LogP contribution < -0.4 is 0 Å². The highest BCUT2D eigenvalue weighted by atomic mass is 79.9. The molecule has 2 heterocycles. The van der Waals surface area contributed by atoms with Crippen LogP contribution in [0.1, 0.15) is 71.9 Å². The third-order valence-corrected chi connectivity index (χ3v) is 8.56. The molecule has 3 aromatic rings. The van der Waals surface area contributed by atoms with Crippen LogP contribution in [-0.4, -0.2) is 49.8 Å². The molecule has 2 aromatic heterocycles. The Morgan fingerprint density at radius 1 is 1.14 bits per heavy atom. The number of carbonyl (C=O) groups excluding carboxylic acids is 2. The Morgan fingerprint density at radius 2 is 1.79 bits per heavy atom. The first kappa shape index (κ1) is 32.2. The molecule has 8 nitrogen and oxygen atoms in total. The molecule has 1 amide bonds. The number of esters is 1. The number of rotatable bonds is 9. The molecule has 14 heteroatoms. The van der Waals surface area contributed by atoms with Gasteiger partial charge in [0.15, 0.2) is 5.69 Å². The summed E-state index contributed by atoms with van der Waals surface area (Å²) < 4.78 is 50.2. The molecule has 1 N–H and O–H groups in total. The average Bonchev–Trinajstić information content (AvgIpc) is 3.40. The molecule has 4 rings (SSSR count). The molecule has 0 radical (unpaired) electrons. The van der Waals surface area contributed by atoms with Gasteiger partial charge in [0.25, 0.3) is 5.91 Å². The number of aromatic nitrogens is 3. The van der Waals surface area contributed by atoms with Crippen LogP contribution in [0, 0.1) is 5.92 Å². The van der Waals surface area contributed by atoms with Crippen molar-refractivity contribution in [1.29, 1.82) is 0 Å². The lowest BCUT2D eigenvalue weighted by Gasteiger charge is -2.29. The minimum absolute atomic E-state index is 0.0468. The number of pyridine rings is 1. The van der Waals surface area contributed by atoms with E-state index in [-0.39, 0.29) is 53.5 Å². The number of nitrogens with zero attached hydrogens (tertiary/aromatic N) is 4. The third-order valence-electron chi connectivity index (χ3n) is 7.18. The summed E-state index contributed by atoms with van der Waals surface area (Å²) >= 11 is 15.8. The summed E-state index contributed by atoms with van der Waals surface area (Å²) in [5.74, 6) is -1.73. The molecule has 0 saturated heterocycles. The molecular formula is C28H28BrCl2F3N4O4. The normalized spacial score (nSPS) is 18.0. The standard InChI is InChI=1S/C28H28BrCl2F3N4O4/c1-2-42-27(41)16-7-9-18(10-8-16)38-25(28(32,33)34)19(11-36-38)26(40)37(14-17-5-3-4-6-20(17)29)15-23(39)24-21(30)12-35-13-22(24)31/h3-6,11-13,16,18,23,39H,2,7-10,14-15H2,1H3. The van der Waals surface area contributed by atoms with Crippen molar-refractivity contribution in [2.24, 2.45) is 5.92 Å². The summed E-state index contributed by atoms with van der Waals surface area (Å²) in [6, 6.07) is 6.26. The van der Waals surface area contributed by atoms with Crippen molar-refractivity contribution < 1.29 is 32.6 Å². The molecular weight excluding hydrogens is 664 g/mol.